The van der Waals surface area contributed by atoms with Crippen molar-refractivity contribution in [3.05, 3.63) is 102 Å². The van der Waals surface area contributed by atoms with Crippen LogP contribution in [-0.2, 0) is 14.9 Å². The molecule has 0 spiro atoms. The minimum absolute atomic E-state index is 0.0215. The van der Waals surface area contributed by atoms with E-state index in [0.717, 1.165) is 23.0 Å². The van der Waals surface area contributed by atoms with E-state index in [-0.39, 0.29) is 12.6 Å². The Kier molecular flexibility index (Phi) is 5.09. The third-order valence-corrected chi connectivity index (χ3v) is 5.45. The number of hydrogen-bond acceptors (Lipinski definition) is 4. The Morgan fingerprint density at radius 1 is 0.931 bits per heavy atom. The van der Waals surface area contributed by atoms with Crippen LogP contribution < -0.4 is 4.74 Å². The van der Waals surface area contributed by atoms with Gasteiger partial charge in [0.2, 0.25) is 0 Å². The molecule has 0 radical (unpaired) electrons. The number of ether oxygens (including phenoxy) is 2. The first-order valence-electron chi connectivity index (χ1n) is 9.63. The Labute approximate surface area is 170 Å². The van der Waals surface area contributed by atoms with Crippen molar-refractivity contribution in [1.82, 2.24) is 0 Å². The van der Waals surface area contributed by atoms with Gasteiger partial charge in [-0.25, -0.2) is 0 Å². The minimum Gasteiger partial charge on any atom is -0.515 e. The van der Waals surface area contributed by atoms with Crippen molar-refractivity contribution in [1.29, 1.82) is 0 Å². The fourth-order valence-electron chi connectivity index (χ4n) is 3.94. The Balaban J connectivity index is 1.71. The first-order valence-corrected chi connectivity index (χ1v) is 9.63. The van der Waals surface area contributed by atoms with Gasteiger partial charge in [-0.3, -0.25) is 4.79 Å². The van der Waals surface area contributed by atoms with Crippen molar-refractivity contribution < 1.29 is 19.4 Å². The molecule has 1 aliphatic heterocycles. The maximum absolute atomic E-state index is 13.5. The van der Waals surface area contributed by atoms with Crippen LogP contribution in [0.15, 0.2) is 85.1 Å². The second-order valence-corrected chi connectivity index (χ2v) is 6.95. The number of benzene rings is 3. The van der Waals surface area contributed by atoms with Gasteiger partial charge in [-0.2, -0.15) is 0 Å². The molecule has 1 N–H and O–H groups in total. The van der Waals surface area contributed by atoms with Gasteiger partial charge in [-0.15, -0.1) is 0 Å². The summed E-state index contributed by atoms with van der Waals surface area (Å²) in [6.45, 7) is 1.95. The van der Waals surface area contributed by atoms with Gasteiger partial charge in [-0.1, -0.05) is 73.7 Å². The molecule has 3 aromatic rings. The Hall–Kier alpha value is -3.53. The first-order chi connectivity index (χ1) is 14.2. The quantitative estimate of drug-likeness (QED) is 0.456. The molecule has 0 bridgehead atoms. The number of carbonyl (C=O) groups excluding carboxylic acids is 1. The standard InChI is InChI=1S/C25H22O4/c1-2-25(24(27)28-17-19(16-26)18-10-4-3-5-11-18)20-12-6-8-14-22(20)29-23-15-9-7-13-21(23)25/h3-16,26H,2,17H2,1H3. The molecule has 0 saturated heterocycles. The molecular formula is C25H22O4. The van der Waals surface area contributed by atoms with E-state index in [4.69, 9.17) is 9.47 Å². The summed E-state index contributed by atoms with van der Waals surface area (Å²) in [7, 11) is 0. The van der Waals surface area contributed by atoms with E-state index in [2.05, 4.69) is 0 Å². The zero-order chi connectivity index (χ0) is 20.3. The average Bonchev–Trinajstić information content (AvgIpc) is 2.78. The van der Waals surface area contributed by atoms with Gasteiger partial charge >= 0.3 is 5.97 Å². The highest BCUT2D eigenvalue weighted by Crippen LogP contribution is 2.50. The van der Waals surface area contributed by atoms with E-state index >= 15 is 0 Å². The Morgan fingerprint density at radius 2 is 1.48 bits per heavy atom. The van der Waals surface area contributed by atoms with Crippen molar-refractivity contribution >= 4 is 11.5 Å². The average molecular weight is 386 g/mol. The lowest BCUT2D eigenvalue weighted by molar-refractivity contribution is -0.147. The van der Waals surface area contributed by atoms with Crippen molar-refractivity contribution in [3.8, 4) is 11.5 Å². The van der Waals surface area contributed by atoms with E-state index in [9.17, 15) is 9.90 Å². The van der Waals surface area contributed by atoms with Gasteiger partial charge in [0.25, 0.3) is 0 Å². The lowest BCUT2D eigenvalue weighted by atomic mass is 9.70. The van der Waals surface area contributed by atoms with Crippen LogP contribution in [0.1, 0.15) is 30.0 Å². The molecule has 3 aromatic carbocycles. The third-order valence-electron chi connectivity index (χ3n) is 5.45. The second-order valence-electron chi connectivity index (χ2n) is 6.95. The number of hydrogen-bond donors (Lipinski definition) is 1. The molecule has 0 aromatic heterocycles. The Morgan fingerprint density at radius 3 is 2.03 bits per heavy atom. The number of carbonyl (C=O) groups is 1. The van der Waals surface area contributed by atoms with Gasteiger partial charge in [0.1, 0.15) is 23.5 Å². The molecule has 146 valence electrons. The van der Waals surface area contributed by atoms with Crippen LogP contribution in [0.4, 0.5) is 0 Å². The minimum atomic E-state index is -0.970. The number of rotatable bonds is 5. The predicted molar refractivity (Wildman–Crippen MR) is 112 cm³/mol. The molecule has 0 atom stereocenters. The molecule has 0 unspecified atom stereocenters. The molecule has 29 heavy (non-hydrogen) atoms. The number of fused-ring (bicyclic) bond motifs is 2. The topological polar surface area (TPSA) is 55.8 Å². The largest absolute Gasteiger partial charge is 0.515 e. The SMILES string of the molecule is CCC1(C(=O)OCC(=CO)c2ccccc2)c2ccccc2Oc2ccccc21. The summed E-state index contributed by atoms with van der Waals surface area (Å²) < 4.78 is 11.8. The summed E-state index contributed by atoms with van der Waals surface area (Å²) in [6, 6.07) is 24.5. The summed E-state index contributed by atoms with van der Waals surface area (Å²) in [4.78, 5) is 13.5. The van der Waals surface area contributed by atoms with Crippen LogP contribution in [0.3, 0.4) is 0 Å². The van der Waals surface area contributed by atoms with E-state index in [1.165, 1.54) is 0 Å². The van der Waals surface area contributed by atoms with Gasteiger partial charge in [-0.05, 0) is 24.1 Å². The van der Waals surface area contributed by atoms with Crippen LogP contribution in [0.2, 0.25) is 0 Å². The van der Waals surface area contributed by atoms with Gasteiger partial charge in [0.15, 0.2) is 0 Å². The number of para-hydroxylation sites is 2. The van der Waals surface area contributed by atoms with Gasteiger partial charge in [0.05, 0.1) is 6.26 Å². The zero-order valence-electron chi connectivity index (χ0n) is 16.2. The van der Waals surface area contributed by atoms with Crippen LogP contribution in [0, 0.1) is 0 Å². The maximum atomic E-state index is 13.5. The zero-order valence-corrected chi connectivity index (χ0v) is 16.2. The van der Waals surface area contributed by atoms with Gasteiger partial charge < -0.3 is 14.6 Å². The van der Waals surface area contributed by atoms with Crippen molar-refractivity contribution in [2.24, 2.45) is 0 Å². The third kappa shape index (κ3) is 3.17. The molecule has 1 heterocycles. The monoisotopic (exact) mass is 386 g/mol. The molecule has 0 amide bonds. The summed E-state index contributed by atoms with van der Waals surface area (Å²) in [5, 5.41) is 9.67. The first kappa shape index (κ1) is 18.8. The van der Waals surface area contributed by atoms with Crippen LogP contribution in [0.5, 0.6) is 11.5 Å². The van der Waals surface area contributed by atoms with Crippen LogP contribution in [0.25, 0.3) is 5.57 Å². The number of aliphatic hydroxyl groups is 1. The van der Waals surface area contributed by atoms with Crippen LogP contribution >= 0.6 is 0 Å². The predicted octanol–water partition coefficient (Wildman–Crippen LogP) is 5.63. The lowest BCUT2D eigenvalue weighted by Crippen LogP contribution is -2.40. The highest BCUT2D eigenvalue weighted by molar-refractivity contribution is 5.91. The molecule has 1 aliphatic rings. The molecule has 0 aliphatic carbocycles. The van der Waals surface area contributed by atoms with Crippen molar-refractivity contribution in [2.75, 3.05) is 6.61 Å². The lowest BCUT2D eigenvalue weighted by Gasteiger charge is -2.37. The number of esters is 1. The number of aliphatic hydroxyl groups excluding tert-OH is 1. The summed E-state index contributed by atoms with van der Waals surface area (Å²) in [5.74, 6) is 0.954. The van der Waals surface area contributed by atoms with Gasteiger partial charge in [0, 0.05) is 16.7 Å². The Bertz CT molecular complexity index is 1010. The summed E-state index contributed by atoms with van der Waals surface area (Å²) in [5.41, 5.74) is 1.96. The molecule has 0 saturated carbocycles. The highest BCUT2D eigenvalue weighted by Gasteiger charge is 2.48. The summed E-state index contributed by atoms with van der Waals surface area (Å²) >= 11 is 0. The molecule has 0 fully saturated rings. The fraction of sp³-hybridized carbons (Fsp3) is 0.160. The van der Waals surface area contributed by atoms with Crippen molar-refractivity contribution in [3.63, 3.8) is 0 Å². The maximum Gasteiger partial charge on any atom is 0.321 e. The van der Waals surface area contributed by atoms with Crippen LogP contribution in [-0.4, -0.2) is 17.7 Å². The molecule has 4 rings (SSSR count). The van der Waals surface area contributed by atoms with Crippen molar-refractivity contribution in [2.45, 2.75) is 18.8 Å². The van der Waals surface area contributed by atoms with E-state index < -0.39 is 5.41 Å². The molecule has 4 nitrogen and oxygen atoms in total. The molecule has 4 heteroatoms. The normalized spacial score (nSPS) is 14.3. The molecular weight excluding hydrogens is 364 g/mol. The second kappa shape index (κ2) is 7.84. The fourth-order valence-corrected chi connectivity index (χ4v) is 3.94. The summed E-state index contributed by atoms with van der Waals surface area (Å²) in [6.07, 6.45) is 1.51. The van der Waals surface area contributed by atoms with E-state index in [1.54, 1.807) is 0 Å². The smallest absolute Gasteiger partial charge is 0.321 e. The van der Waals surface area contributed by atoms with E-state index in [1.807, 2.05) is 85.8 Å². The highest BCUT2D eigenvalue weighted by atomic mass is 16.5. The van der Waals surface area contributed by atoms with E-state index in [0.29, 0.717) is 23.5 Å².